The van der Waals surface area contributed by atoms with Crippen LogP contribution in [-0.4, -0.2) is 60.6 Å². The first-order valence-electron chi connectivity index (χ1n) is 9.21. The summed E-state index contributed by atoms with van der Waals surface area (Å²) in [7, 11) is 10.4. The lowest BCUT2D eigenvalue weighted by molar-refractivity contribution is 0.163. The number of aromatic nitrogens is 1. The van der Waals surface area contributed by atoms with Crippen LogP contribution < -0.4 is 5.32 Å². The standard InChI is InChI=1S/C21H31N5/c1-22-20(26(5)15-19-11-8-12-25(19)4)23-16-21(24(2)3)13-17-9-6-7-10-18(17)14-21/h6-12H,13-16H2,1-5H3,(H,22,23). The Labute approximate surface area is 157 Å². The van der Waals surface area contributed by atoms with Crippen LogP contribution in [-0.2, 0) is 26.4 Å². The molecule has 0 bridgehead atoms. The highest BCUT2D eigenvalue weighted by molar-refractivity contribution is 5.79. The minimum atomic E-state index is 0.0887. The van der Waals surface area contributed by atoms with Crippen LogP contribution in [0.4, 0.5) is 0 Å². The highest BCUT2D eigenvalue weighted by Crippen LogP contribution is 2.33. The molecule has 1 aromatic carbocycles. The molecule has 2 aromatic rings. The predicted octanol–water partition coefficient (Wildman–Crippen LogP) is 2.13. The highest BCUT2D eigenvalue weighted by atomic mass is 15.3. The molecule has 1 aromatic heterocycles. The number of likely N-dealkylation sites (N-methyl/N-ethyl adjacent to an activating group) is 1. The fraction of sp³-hybridized carbons (Fsp3) is 0.476. The number of guanidine groups is 1. The van der Waals surface area contributed by atoms with Gasteiger partial charge in [-0.15, -0.1) is 0 Å². The van der Waals surface area contributed by atoms with E-state index < -0.39 is 0 Å². The number of aryl methyl sites for hydroxylation is 1. The van der Waals surface area contributed by atoms with Gasteiger partial charge in [0.15, 0.2) is 5.96 Å². The molecule has 1 aliphatic rings. The van der Waals surface area contributed by atoms with Crippen LogP contribution in [0.5, 0.6) is 0 Å². The molecule has 0 aliphatic heterocycles. The average molecular weight is 354 g/mol. The van der Waals surface area contributed by atoms with Crippen LogP contribution in [0, 0.1) is 0 Å². The molecule has 3 rings (SSSR count). The minimum absolute atomic E-state index is 0.0887. The van der Waals surface area contributed by atoms with Crippen LogP contribution in [0.25, 0.3) is 0 Å². The van der Waals surface area contributed by atoms with E-state index in [1.165, 1.54) is 16.8 Å². The van der Waals surface area contributed by atoms with E-state index in [1.54, 1.807) is 0 Å². The molecule has 5 nitrogen and oxygen atoms in total. The second kappa shape index (κ2) is 7.54. The number of aliphatic imine (C=N–C) groups is 1. The van der Waals surface area contributed by atoms with Crippen molar-refractivity contribution >= 4 is 5.96 Å². The molecule has 140 valence electrons. The van der Waals surface area contributed by atoms with E-state index in [9.17, 15) is 0 Å². The second-order valence-corrected chi connectivity index (χ2v) is 7.61. The van der Waals surface area contributed by atoms with Crippen molar-refractivity contribution in [2.75, 3.05) is 34.7 Å². The Balaban J connectivity index is 1.68. The smallest absolute Gasteiger partial charge is 0.193 e. The highest BCUT2D eigenvalue weighted by Gasteiger charge is 2.39. The topological polar surface area (TPSA) is 35.8 Å². The fourth-order valence-electron chi connectivity index (χ4n) is 3.88. The van der Waals surface area contributed by atoms with Crippen LogP contribution in [0.3, 0.4) is 0 Å². The van der Waals surface area contributed by atoms with E-state index >= 15 is 0 Å². The van der Waals surface area contributed by atoms with E-state index in [0.29, 0.717) is 0 Å². The maximum absolute atomic E-state index is 4.50. The Hall–Kier alpha value is -2.27. The molecule has 1 aliphatic carbocycles. The zero-order valence-electron chi connectivity index (χ0n) is 16.7. The predicted molar refractivity (Wildman–Crippen MR) is 109 cm³/mol. The first-order chi connectivity index (χ1) is 12.4. The van der Waals surface area contributed by atoms with E-state index in [2.05, 4.69) is 95.5 Å². The third kappa shape index (κ3) is 3.63. The molecule has 1 heterocycles. The van der Waals surface area contributed by atoms with Gasteiger partial charge in [-0.25, -0.2) is 0 Å². The molecule has 0 saturated heterocycles. The maximum Gasteiger partial charge on any atom is 0.193 e. The monoisotopic (exact) mass is 353 g/mol. The lowest BCUT2D eigenvalue weighted by atomic mass is 9.94. The number of nitrogens with one attached hydrogen (secondary N) is 1. The third-order valence-electron chi connectivity index (χ3n) is 5.71. The van der Waals surface area contributed by atoms with Gasteiger partial charge in [-0.2, -0.15) is 0 Å². The average Bonchev–Trinajstić information content (AvgIpc) is 3.19. The van der Waals surface area contributed by atoms with Crippen LogP contribution in [0.1, 0.15) is 16.8 Å². The van der Waals surface area contributed by atoms with Gasteiger partial charge < -0.3 is 19.7 Å². The van der Waals surface area contributed by atoms with Gasteiger partial charge >= 0.3 is 0 Å². The number of nitrogens with zero attached hydrogens (tertiary/aromatic N) is 4. The summed E-state index contributed by atoms with van der Waals surface area (Å²) >= 11 is 0. The number of rotatable bonds is 5. The summed E-state index contributed by atoms with van der Waals surface area (Å²) in [5.41, 5.74) is 4.29. The van der Waals surface area contributed by atoms with Gasteiger partial charge in [0.25, 0.3) is 0 Å². The summed E-state index contributed by atoms with van der Waals surface area (Å²) in [4.78, 5) is 9.05. The zero-order valence-corrected chi connectivity index (χ0v) is 16.7. The Kier molecular flexibility index (Phi) is 5.37. The van der Waals surface area contributed by atoms with Crippen LogP contribution >= 0.6 is 0 Å². The first kappa shape index (κ1) is 18.5. The minimum Gasteiger partial charge on any atom is -0.354 e. The van der Waals surface area contributed by atoms with Crippen molar-refractivity contribution in [3.63, 3.8) is 0 Å². The van der Waals surface area contributed by atoms with Gasteiger partial charge in [-0.1, -0.05) is 24.3 Å². The Morgan fingerprint density at radius 2 is 1.77 bits per heavy atom. The van der Waals surface area contributed by atoms with Gasteiger partial charge in [0.2, 0.25) is 0 Å². The Bertz CT molecular complexity index is 749. The molecule has 0 fully saturated rings. The summed E-state index contributed by atoms with van der Waals surface area (Å²) < 4.78 is 2.15. The quantitative estimate of drug-likeness (QED) is 0.661. The Morgan fingerprint density at radius 3 is 2.27 bits per heavy atom. The number of benzene rings is 1. The molecule has 0 saturated carbocycles. The fourth-order valence-corrected chi connectivity index (χ4v) is 3.88. The van der Waals surface area contributed by atoms with Crippen molar-refractivity contribution in [3.8, 4) is 0 Å². The van der Waals surface area contributed by atoms with E-state index in [1.807, 2.05) is 7.05 Å². The Morgan fingerprint density at radius 1 is 1.12 bits per heavy atom. The molecular weight excluding hydrogens is 322 g/mol. The molecule has 0 atom stereocenters. The summed E-state index contributed by atoms with van der Waals surface area (Å²) in [6, 6.07) is 13.0. The maximum atomic E-state index is 4.50. The molecule has 5 heteroatoms. The summed E-state index contributed by atoms with van der Waals surface area (Å²) in [6.07, 6.45) is 4.22. The van der Waals surface area contributed by atoms with Crippen molar-refractivity contribution in [3.05, 3.63) is 59.4 Å². The summed E-state index contributed by atoms with van der Waals surface area (Å²) in [5, 5.41) is 3.63. The molecule has 0 unspecified atom stereocenters. The molecule has 1 N–H and O–H groups in total. The normalized spacial score (nSPS) is 16.0. The van der Waals surface area contributed by atoms with Crippen molar-refractivity contribution in [2.45, 2.75) is 24.9 Å². The summed E-state index contributed by atoms with van der Waals surface area (Å²) in [6.45, 7) is 1.71. The van der Waals surface area contributed by atoms with Gasteiger partial charge in [-0.3, -0.25) is 4.99 Å². The van der Waals surface area contributed by atoms with Gasteiger partial charge in [0.05, 0.1) is 6.54 Å². The lowest BCUT2D eigenvalue weighted by Crippen LogP contribution is -2.55. The zero-order chi connectivity index (χ0) is 18.7. The number of hydrogen-bond donors (Lipinski definition) is 1. The molecule has 0 spiro atoms. The van der Waals surface area contributed by atoms with Crippen molar-refractivity contribution in [1.82, 2.24) is 19.7 Å². The largest absolute Gasteiger partial charge is 0.354 e. The van der Waals surface area contributed by atoms with E-state index in [-0.39, 0.29) is 5.54 Å². The second-order valence-electron chi connectivity index (χ2n) is 7.61. The van der Waals surface area contributed by atoms with Crippen molar-refractivity contribution in [2.24, 2.45) is 12.0 Å². The SMILES string of the molecule is CN=C(NCC1(N(C)C)Cc2ccccc2C1)N(C)Cc1cccn1C. The van der Waals surface area contributed by atoms with E-state index in [0.717, 1.165) is 31.9 Å². The van der Waals surface area contributed by atoms with Crippen molar-refractivity contribution in [1.29, 1.82) is 0 Å². The molecule has 26 heavy (non-hydrogen) atoms. The number of fused-ring (bicyclic) bond motifs is 1. The van der Waals surface area contributed by atoms with Crippen LogP contribution in [0.15, 0.2) is 47.6 Å². The number of hydrogen-bond acceptors (Lipinski definition) is 2. The molecular formula is C21H31N5. The first-order valence-corrected chi connectivity index (χ1v) is 9.21. The molecule has 0 radical (unpaired) electrons. The van der Waals surface area contributed by atoms with Gasteiger partial charge in [-0.05, 0) is 50.2 Å². The van der Waals surface area contributed by atoms with Crippen LogP contribution in [0.2, 0.25) is 0 Å². The van der Waals surface area contributed by atoms with Gasteiger partial charge in [0.1, 0.15) is 0 Å². The van der Waals surface area contributed by atoms with E-state index in [4.69, 9.17) is 0 Å². The summed E-state index contributed by atoms with van der Waals surface area (Å²) in [5.74, 6) is 0.934. The van der Waals surface area contributed by atoms with Gasteiger partial charge in [0, 0.05) is 45.1 Å². The lowest BCUT2D eigenvalue weighted by Gasteiger charge is -2.37. The van der Waals surface area contributed by atoms with Crippen molar-refractivity contribution < 1.29 is 0 Å². The third-order valence-corrected chi connectivity index (χ3v) is 5.71. The molecule has 0 amide bonds.